The van der Waals surface area contributed by atoms with E-state index in [1.807, 2.05) is 0 Å². The van der Waals surface area contributed by atoms with Crippen LogP contribution in [0.4, 0.5) is 13.2 Å². The van der Waals surface area contributed by atoms with Gasteiger partial charge in [-0.05, 0) is 12.1 Å². The van der Waals surface area contributed by atoms with Crippen LogP contribution in [0.25, 0.3) is 0 Å². The SMILES string of the molecule is COc1c(Cl)cc(C(OC)(C(=O)O)C(F)(F)F)cc1Cl. The van der Waals surface area contributed by atoms with Crippen LogP contribution in [0.15, 0.2) is 12.1 Å². The van der Waals surface area contributed by atoms with Crippen LogP contribution in [0.2, 0.25) is 10.0 Å². The van der Waals surface area contributed by atoms with Gasteiger partial charge in [0.05, 0.1) is 17.2 Å². The lowest BCUT2D eigenvalue weighted by Gasteiger charge is -2.30. The largest absolute Gasteiger partial charge is 0.494 e. The first-order chi connectivity index (χ1) is 9.11. The Morgan fingerprint density at radius 1 is 1.20 bits per heavy atom. The molecule has 0 radical (unpaired) electrons. The number of carbonyl (C=O) groups is 1. The van der Waals surface area contributed by atoms with E-state index in [-0.39, 0.29) is 15.8 Å². The summed E-state index contributed by atoms with van der Waals surface area (Å²) in [5.74, 6) is -2.29. The molecule has 9 heteroatoms. The maximum atomic E-state index is 13.1. The number of ether oxygens (including phenoxy) is 2. The monoisotopic (exact) mass is 332 g/mol. The van der Waals surface area contributed by atoms with Crippen molar-refractivity contribution in [3.05, 3.63) is 27.7 Å². The third-order valence-corrected chi connectivity index (χ3v) is 3.18. The molecule has 1 N–H and O–H groups in total. The predicted octanol–water partition coefficient (Wildman–Crippen LogP) is 3.49. The fourth-order valence-electron chi connectivity index (χ4n) is 1.69. The van der Waals surface area contributed by atoms with Crippen LogP contribution >= 0.6 is 23.2 Å². The average Bonchev–Trinajstić information content (AvgIpc) is 2.27. The van der Waals surface area contributed by atoms with Gasteiger partial charge < -0.3 is 14.6 Å². The summed E-state index contributed by atoms with van der Waals surface area (Å²) in [7, 11) is 1.85. The number of hydrogen-bond donors (Lipinski definition) is 1. The lowest BCUT2D eigenvalue weighted by atomic mass is 9.92. The molecule has 1 aromatic rings. The summed E-state index contributed by atoms with van der Waals surface area (Å²) in [5, 5.41) is 8.43. The van der Waals surface area contributed by atoms with Crippen molar-refractivity contribution in [3.8, 4) is 5.75 Å². The highest BCUT2D eigenvalue weighted by atomic mass is 35.5. The van der Waals surface area contributed by atoms with Crippen molar-refractivity contribution < 1.29 is 32.5 Å². The van der Waals surface area contributed by atoms with Crippen LogP contribution < -0.4 is 4.74 Å². The van der Waals surface area contributed by atoms with Gasteiger partial charge in [-0.2, -0.15) is 13.2 Å². The van der Waals surface area contributed by atoms with E-state index in [0.29, 0.717) is 7.11 Å². The molecule has 1 rings (SSSR count). The Kier molecular flexibility index (Phi) is 4.78. The number of carboxylic acid groups (broad SMARTS) is 1. The minimum absolute atomic E-state index is 0.0605. The molecule has 1 unspecified atom stereocenters. The van der Waals surface area contributed by atoms with Gasteiger partial charge in [-0.25, -0.2) is 4.79 Å². The molecule has 0 heterocycles. The zero-order valence-corrected chi connectivity index (χ0v) is 11.7. The molecule has 112 valence electrons. The van der Waals surface area contributed by atoms with Gasteiger partial charge in [0.15, 0.2) is 5.75 Å². The molecule has 20 heavy (non-hydrogen) atoms. The molecular formula is C11H9Cl2F3O4. The second-order valence-electron chi connectivity index (χ2n) is 3.66. The number of methoxy groups -OCH3 is 2. The number of aliphatic carboxylic acids is 1. The van der Waals surface area contributed by atoms with Gasteiger partial charge in [0.25, 0.3) is 5.60 Å². The van der Waals surface area contributed by atoms with E-state index in [9.17, 15) is 18.0 Å². The summed E-state index contributed by atoms with van der Waals surface area (Å²) >= 11 is 11.5. The highest BCUT2D eigenvalue weighted by molar-refractivity contribution is 6.37. The Morgan fingerprint density at radius 3 is 1.90 bits per heavy atom. The van der Waals surface area contributed by atoms with Gasteiger partial charge >= 0.3 is 12.1 Å². The maximum Gasteiger partial charge on any atom is 0.432 e. The number of hydrogen-bond acceptors (Lipinski definition) is 3. The van der Waals surface area contributed by atoms with E-state index >= 15 is 0 Å². The Balaban J connectivity index is 3.64. The highest BCUT2D eigenvalue weighted by Gasteiger charge is 2.63. The van der Waals surface area contributed by atoms with Crippen molar-refractivity contribution in [2.24, 2.45) is 0 Å². The Bertz CT molecular complexity index is 510. The molecule has 0 amide bonds. The lowest BCUT2D eigenvalue weighted by Crippen LogP contribution is -2.50. The summed E-state index contributed by atoms with van der Waals surface area (Å²) in [6.07, 6.45) is -5.21. The smallest absolute Gasteiger partial charge is 0.432 e. The third-order valence-electron chi connectivity index (χ3n) is 2.62. The van der Waals surface area contributed by atoms with Crippen LogP contribution in [-0.4, -0.2) is 31.5 Å². The molecule has 0 aliphatic carbocycles. The minimum Gasteiger partial charge on any atom is -0.494 e. The molecule has 1 aromatic carbocycles. The number of benzene rings is 1. The zero-order valence-electron chi connectivity index (χ0n) is 10.2. The van der Waals surface area contributed by atoms with E-state index < -0.39 is 23.3 Å². The molecule has 0 aromatic heterocycles. The zero-order chi connectivity index (χ0) is 15.7. The highest BCUT2D eigenvalue weighted by Crippen LogP contribution is 2.45. The van der Waals surface area contributed by atoms with E-state index in [1.54, 1.807) is 0 Å². The van der Waals surface area contributed by atoms with E-state index in [1.165, 1.54) is 7.11 Å². The Hall–Kier alpha value is -1.18. The second kappa shape index (κ2) is 5.67. The molecule has 0 fully saturated rings. The average molecular weight is 333 g/mol. The minimum atomic E-state index is -5.21. The van der Waals surface area contributed by atoms with Crippen molar-refractivity contribution in [3.63, 3.8) is 0 Å². The third kappa shape index (κ3) is 2.53. The predicted molar refractivity (Wildman–Crippen MR) is 65.4 cm³/mol. The van der Waals surface area contributed by atoms with E-state index in [4.69, 9.17) is 33.0 Å². The van der Waals surface area contributed by atoms with Gasteiger partial charge in [0.1, 0.15) is 0 Å². The number of rotatable bonds is 4. The van der Waals surface area contributed by atoms with Crippen molar-refractivity contribution in [2.75, 3.05) is 14.2 Å². The molecular weight excluding hydrogens is 324 g/mol. The van der Waals surface area contributed by atoms with Crippen LogP contribution in [0.1, 0.15) is 5.56 Å². The Labute approximate surface area is 122 Å². The van der Waals surface area contributed by atoms with E-state index in [0.717, 1.165) is 12.1 Å². The van der Waals surface area contributed by atoms with Gasteiger partial charge in [0.2, 0.25) is 0 Å². The topological polar surface area (TPSA) is 55.8 Å². The molecule has 0 bridgehead atoms. The first-order valence-electron chi connectivity index (χ1n) is 5.00. The van der Waals surface area contributed by atoms with Crippen LogP contribution in [-0.2, 0) is 15.1 Å². The van der Waals surface area contributed by atoms with Crippen LogP contribution in [0.3, 0.4) is 0 Å². The molecule has 0 aliphatic heterocycles. The Morgan fingerprint density at radius 2 is 1.65 bits per heavy atom. The fraction of sp³-hybridized carbons (Fsp3) is 0.364. The first kappa shape index (κ1) is 16.9. The fourth-order valence-corrected chi connectivity index (χ4v) is 2.33. The molecule has 0 saturated heterocycles. The molecule has 0 spiro atoms. The lowest BCUT2D eigenvalue weighted by molar-refractivity contribution is -0.273. The van der Waals surface area contributed by atoms with Crippen LogP contribution in [0.5, 0.6) is 5.75 Å². The quantitative estimate of drug-likeness (QED) is 0.916. The summed E-state index contributed by atoms with van der Waals surface area (Å²) in [6, 6.07) is 1.58. The maximum absolute atomic E-state index is 13.1. The number of carboxylic acids is 1. The normalized spacial score (nSPS) is 14.8. The molecule has 0 aliphatic rings. The molecule has 4 nitrogen and oxygen atoms in total. The first-order valence-corrected chi connectivity index (χ1v) is 5.76. The number of alkyl halides is 3. The summed E-state index contributed by atoms with van der Waals surface area (Å²) in [6.45, 7) is 0. The van der Waals surface area contributed by atoms with Gasteiger partial charge in [0, 0.05) is 12.7 Å². The number of halogens is 5. The molecule has 1 atom stereocenters. The summed E-state index contributed by atoms with van der Waals surface area (Å²) < 4.78 is 48.4. The molecule has 0 saturated carbocycles. The standard InChI is InChI=1S/C11H9Cl2F3O4/c1-19-8-6(12)3-5(4-7(8)13)10(20-2,9(17)18)11(14,15)16/h3-4H,1-2H3,(H,17,18). The van der Waals surface area contributed by atoms with Crippen molar-refractivity contribution in [1.82, 2.24) is 0 Å². The van der Waals surface area contributed by atoms with Crippen molar-refractivity contribution in [2.45, 2.75) is 11.8 Å². The van der Waals surface area contributed by atoms with Crippen molar-refractivity contribution >= 4 is 29.2 Å². The van der Waals surface area contributed by atoms with Gasteiger partial charge in [-0.1, -0.05) is 23.2 Å². The second-order valence-corrected chi connectivity index (χ2v) is 4.48. The van der Waals surface area contributed by atoms with Crippen LogP contribution in [0, 0.1) is 0 Å². The summed E-state index contributed by atoms with van der Waals surface area (Å²) in [4.78, 5) is 11.1. The van der Waals surface area contributed by atoms with Gasteiger partial charge in [-0.15, -0.1) is 0 Å². The van der Waals surface area contributed by atoms with E-state index in [2.05, 4.69) is 4.74 Å². The summed E-state index contributed by atoms with van der Waals surface area (Å²) in [5.41, 5.74) is -4.32. The van der Waals surface area contributed by atoms with Crippen molar-refractivity contribution in [1.29, 1.82) is 0 Å². The van der Waals surface area contributed by atoms with Gasteiger partial charge in [-0.3, -0.25) is 0 Å².